The van der Waals surface area contributed by atoms with Crippen LogP contribution in [0.5, 0.6) is 0 Å². The molecule has 3 rings (SSSR count). The summed E-state index contributed by atoms with van der Waals surface area (Å²) >= 11 is 0. The number of aryl methyl sites for hydroxylation is 1. The van der Waals surface area contributed by atoms with Crippen molar-refractivity contribution in [2.45, 2.75) is 39.2 Å². The van der Waals surface area contributed by atoms with Crippen molar-refractivity contribution in [1.29, 1.82) is 0 Å². The molecule has 0 radical (unpaired) electrons. The van der Waals surface area contributed by atoms with Crippen LogP contribution in [0.15, 0.2) is 30.3 Å². The lowest BCUT2D eigenvalue weighted by Crippen LogP contribution is -2.35. The molecule has 1 aromatic heterocycles. The Balaban J connectivity index is 1.52. The topological polar surface area (TPSA) is 82.5 Å². The van der Waals surface area contributed by atoms with Gasteiger partial charge in [0.2, 0.25) is 0 Å². The lowest BCUT2D eigenvalue weighted by Gasteiger charge is -2.11. The molecule has 1 aromatic carbocycles. The molecule has 7 nitrogen and oxygen atoms in total. The van der Waals surface area contributed by atoms with E-state index < -0.39 is 5.97 Å². The van der Waals surface area contributed by atoms with E-state index in [9.17, 15) is 9.59 Å². The van der Waals surface area contributed by atoms with Crippen molar-refractivity contribution in [1.82, 2.24) is 15.1 Å². The van der Waals surface area contributed by atoms with Gasteiger partial charge in [-0.15, -0.1) is 0 Å². The van der Waals surface area contributed by atoms with Crippen molar-refractivity contribution >= 4 is 11.9 Å². The van der Waals surface area contributed by atoms with Crippen molar-refractivity contribution in [2.75, 3.05) is 19.8 Å². The fourth-order valence-corrected chi connectivity index (χ4v) is 3.18. The molecule has 2 heterocycles. The molecule has 1 aliphatic heterocycles. The van der Waals surface area contributed by atoms with Crippen LogP contribution in [0.4, 0.5) is 0 Å². The second kappa shape index (κ2) is 8.81. The Kier molecular flexibility index (Phi) is 6.24. The summed E-state index contributed by atoms with van der Waals surface area (Å²) in [5.74, 6) is -0.756. The van der Waals surface area contributed by atoms with Crippen LogP contribution in [0.25, 0.3) is 5.69 Å². The number of rotatable bonds is 7. The molecular weight excluding hydrogens is 346 g/mol. The summed E-state index contributed by atoms with van der Waals surface area (Å²) in [5.41, 5.74) is 3.42. The van der Waals surface area contributed by atoms with Crippen molar-refractivity contribution in [2.24, 2.45) is 0 Å². The highest BCUT2D eigenvalue weighted by Gasteiger charge is 2.19. The Morgan fingerprint density at radius 2 is 2.07 bits per heavy atom. The monoisotopic (exact) mass is 371 g/mol. The molecule has 144 valence electrons. The van der Waals surface area contributed by atoms with Crippen LogP contribution in [0.2, 0.25) is 0 Å². The molecule has 1 saturated heterocycles. The first-order chi connectivity index (χ1) is 13.0. The number of ether oxygens (including phenoxy) is 2. The summed E-state index contributed by atoms with van der Waals surface area (Å²) in [6, 6.07) is 9.74. The second-order valence-corrected chi connectivity index (χ2v) is 6.67. The number of aromatic nitrogens is 2. The van der Waals surface area contributed by atoms with E-state index in [0.29, 0.717) is 6.54 Å². The SMILES string of the molecule is Cc1nn(-c2ccccc2)c(C)c1CC(=O)OCC(=O)NC[C@@H]1CCCO1. The van der Waals surface area contributed by atoms with Crippen LogP contribution in [0.3, 0.4) is 0 Å². The van der Waals surface area contributed by atoms with Crippen molar-refractivity contribution in [3.05, 3.63) is 47.3 Å². The smallest absolute Gasteiger partial charge is 0.310 e. The van der Waals surface area contributed by atoms with Gasteiger partial charge in [0, 0.05) is 24.4 Å². The summed E-state index contributed by atoms with van der Waals surface area (Å²) in [6.45, 7) is 4.70. The number of nitrogens with zero attached hydrogens (tertiary/aromatic N) is 2. The predicted molar refractivity (Wildman–Crippen MR) is 99.7 cm³/mol. The maximum absolute atomic E-state index is 12.2. The minimum atomic E-state index is -0.443. The van der Waals surface area contributed by atoms with Gasteiger partial charge in [0.15, 0.2) is 6.61 Å². The average Bonchev–Trinajstić information content (AvgIpc) is 3.29. The minimum Gasteiger partial charge on any atom is -0.455 e. The lowest BCUT2D eigenvalue weighted by atomic mass is 10.1. The van der Waals surface area contributed by atoms with E-state index in [1.165, 1.54) is 0 Å². The minimum absolute atomic E-state index is 0.0683. The number of nitrogens with one attached hydrogen (secondary N) is 1. The van der Waals surface area contributed by atoms with Crippen molar-refractivity contribution in [3.8, 4) is 5.69 Å². The van der Waals surface area contributed by atoms with Gasteiger partial charge >= 0.3 is 5.97 Å². The first-order valence-electron chi connectivity index (χ1n) is 9.19. The second-order valence-electron chi connectivity index (χ2n) is 6.67. The zero-order valence-electron chi connectivity index (χ0n) is 15.7. The zero-order valence-corrected chi connectivity index (χ0v) is 15.7. The van der Waals surface area contributed by atoms with Gasteiger partial charge in [0.05, 0.1) is 23.9 Å². The molecule has 1 aliphatic rings. The van der Waals surface area contributed by atoms with Crippen LogP contribution < -0.4 is 5.32 Å². The maximum Gasteiger partial charge on any atom is 0.310 e. The van der Waals surface area contributed by atoms with Crippen molar-refractivity contribution in [3.63, 3.8) is 0 Å². The summed E-state index contributed by atoms with van der Waals surface area (Å²) < 4.78 is 12.4. The summed E-state index contributed by atoms with van der Waals surface area (Å²) in [6.07, 6.45) is 2.12. The molecule has 1 amide bonds. The number of para-hydroxylation sites is 1. The van der Waals surface area contributed by atoms with E-state index in [4.69, 9.17) is 9.47 Å². The first-order valence-corrected chi connectivity index (χ1v) is 9.19. The number of amides is 1. The number of benzene rings is 1. The molecule has 7 heteroatoms. The fraction of sp³-hybridized carbons (Fsp3) is 0.450. The third kappa shape index (κ3) is 4.95. The fourth-order valence-electron chi connectivity index (χ4n) is 3.18. The van der Waals surface area contributed by atoms with Gasteiger partial charge in [-0.25, -0.2) is 4.68 Å². The number of hydrogen-bond donors (Lipinski definition) is 1. The quantitative estimate of drug-likeness (QED) is 0.752. The van der Waals surface area contributed by atoms with Gasteiger partial charge in [-0.3, -0.25) is 9.59 Å². The van der Waals surface area contributed by atoms with Crippen LogP contribution in [0.1, 0.15) is 29.8 Å². The van der Waals surface area contributed by atoms with Gasteiger partial charge in [-0.05, 0) is 38.8 Å². The highest BCUT2D eigenvalue weighted by molar-refractivity contribution is 5.81. The van der Waals surface area contributed by atoms with E-state index in [-0.39, 0.29) is 25.0 Å². The predicted octanol–water partition coefficient (Wildman–Crippen LogP) is 1.87. The zero-order chi connectivity index (χ0) is 19.2. The van der Waals surface area contributed by atoms with Crippen LogP contribution >= 0.6 is 0 Å². The Morgan fingerprint density at radius 3 is 2.78 bits per heavy atom. The van der Waals surface area contributed by atoms with E-state index in [0.717, 1.165) is 42.1 Å². The van der Waals surface area contributed by atoms with Gasteiger partial charge in [-0.1, -0.05) is 18.2 Å². The Bertz CT molecular complexity index is 795. The number of hydrogen-bond acceptors (Lipinski definition) is 5. The van der Waals surface area contributed by atoms with Crippen LogP contribution in [-0.4, -0.2) is 47.5 Å². The molecule has 2 aromatic rings. The van der Waals surface area contributed by atoms with Crippen molar-refractivity contribution < 1.29 is 19.1 Å². The number of carbonyl (C=O) groups excluding carboxylic acids is 2. The molecule has 0 saturated carbocycles. The Labute approximate surface area is 158 Å². The maximum atomic E-state index is 12.2. The number of esters is 1. The average molecular weight is 371 g/mol. The summed E-state index contributed by atoms with van der Waals surface area (Å²) in [5, 5.41) is 7.25. The highest BCUT2D eigenvalue weighted by atomic mass is 16.5. The van der Waals surface area contributed by atoms with Gasteiger partial charge in [0.25, 0.3) is 5.91 Å². The van der Waals surface area contributed by atoms with Gasteiger partial charge in [-0.2, -0.15) is 5.10 Å². The molecule has 1 atom stereocenters. The molecular formula is C20H25N3O4. The molecule has 0 aliphatic carbocycles. The Morgan fingerprint density at radius 1 is 1.30 bits per heavy atom. The normalized spacial score (nSPS) is 16.3. The Hall–Kier alpha value is -2.67. The molecule has 1 N–H and O–H groups in total. The summed E-state index contributed by atoms with van der Waals surface area (Å²) in [4.78, 5) is 24.0. The molecule has 1 fully saturated rings. The summed E-state index contributed by atoms with van der Waals surface area (Å²) in [7, 11) is 0. The van der Waals surface area contributed by atoms with E-state index in [2.05, 4.69) is 10.4 Å². The van der Waals surface area contributed by atoms with Gasteiger partial charge in [0.1, 0.15) is 0 Å². The number of carbonyl (C=O) groups is 2. The highest BCUT2D eigenvalue weighted by Crippen LogP contribution is 2.18. The van der Waals surface area contributed by atoms with E-state index in [1.54, 1.807) is 0 Å². The van der Waals surface area contributed by atoms with Crippen LogP contribution in [-0.2, 0) is 25.5 Å². The lowest BCUT2D eigenvalue weighted by molar-refractivity contribution is -0.148. The van der Waals surface area contributed by atoms with Gasteiger partial charge < -0.3 is 14.8 Å². The van der Waals surface area contributed by atoms with Crippen LogP contribution in [0, 0.1) is 13.8 Å². The molecule has 0 bridgehead atoms. The van der Waals surface area contributed by atoms with E-state index in [1.807, 2.05) is 48.9 Å². The first kappa shape index (κ1) is 19.1. The third-order valence-electron chi connectivity index (χ3n) is 4.68. The molecule has 0 spiro atoms. The molecule has 0 unspecified atom stereocenters. The molecule has 27 heavy (non-hydrogen) atoms. The third-order valence-corrected chi connectivity index (χ3v) is 4.68. The standard InChI is InChI=1S/C20H25N3O4/c1-14-18(15(2)23(22-14)16-7-4-3-5-8-16)11-20(25)27-13-19(24)21-12-17-9-6-10-26-17/h3-5,7-8,17H,6,9-13H2,1-2H3,(H,21,24)/t17-/m0/s1. The van der Waals surface area contributed by atoms with E-state index >= 15 is 0 Å². The largest absolute Gasteiger partial charge is 0.455 e.